The molecule has 0 fully saturated rings. The van der Waals surface area contributed by atoms with Gasteiger partial charge in [0.25, 0.3) is 0 Å². The Morgan fingerprint density at radius 3 is 3.00 bits per heavy atom. The normalized spacial score (nSPS) is 17.2. The SMILES string of the molecule is CN(C(=O)[C@H]1CC(=O)Nc2ccccc21)c1nccs1. The summed E-state index contributed by atoms with van der Waals surface area (Å²) < 4.78 is 0. The van der Waals surface area contributed by atoms with E-state index in [1.54, 1.807) is 13.2 Å². The average Bonchev–Trinajstić information content (AvgIpc) is 2.99. The topological polar surface area (TPSA) is 62.3 Å². The van der Waals surface area contributed by atoms with Crippen LogP contribution in [0.4, 0.5) is 10.8 Å². The molecule has 102 valence electrons. The van der Waals surface area contributed by atoms with E-state index < -0.39 is 5.92 Å². The number of thiazole rings is 1. The number of aromatic nitrogens is 1. The first kappa shape index (κ1) is 12.8. The van der Waals surface area contributed by atoms with Gasteiger partial charge < -0.3 is 5.32 Å². The van der Waals surface area contributed by atoms with Crippen LogP contribution < -0.4 is 10.2 Å². The van der Waals surface area contributed by atoms with Gasteiger partial charge in [0.1, 0.15) is 0 Å². The fourth-order valence-corrected chi connectivity index (χ4v) is 2.95. The lowest BCUT2D eigenvalue weighted by atomic mass is 9.89. The first-order chi connectivity index (χ1) is 9.66. The van der Waals surface area contributed by atoms with Gasteiger partial charge in [0.15, 0.2) is 5.13 Å². The number of benzene rings is 1. The van der Waals surface area contributed by atoms with Gasteiger partial charge in [-0.15, -0.1) is 11.3 Å². The molecule has 20 heavy (non-hydrogen) atoms. The van der Waals surface area contributed by atoms with Crippen LogP contribution in [0.1, 0.15) is 17.9 Å². The van der Waals surface area contributed by atoms with Crippen molar-refractivity contribution < 1.29 is 9.59 Å². The standard InChI is InChI=1S/C14H13N3O2S/c1-17(14-15-6-7-20-14)13(19)10-8-12(18)16-11-5-3-2-4-9(10)11/h2-7,10H,8H2,1H3,(H,16,18)/t10-/m0/s1. The first-order valence-corrected chi connectivity index (χ1v) is 7.10. The second-order valence-corrected chi connectivity index (χ2v) is 5.48. The van der Waals surface area contributed by atoms with E-state index in [0.29, 0.717) is 5.13 Å². The molecule has 2 aromatic rings. The van der Waals surface area contributed by atoms with Gasteiger partial charge in [-0.3, -0.25) is 14.5 Å². The van der Waals surface area contributed by atoms with E-state index in [9.17, 15) is 9.59 Å². The van der Waals surface area contributed by atoms with Crippen molar-refractivity contribution in [3.63, 3.8) is 0 Å². The van der Waals surface area contributed by atoms with Gasteiger partial charge in [0, 0.05) is 30.7 Å². The van der Waals surface area contributed by atoms with Crippen LogP contribution in [-0.2, 0) is 9.59 Å². The average molecular weight is 287 g/mol. The number of nitrogens with one attached hydrogen (secondary N) is 1. The Bertz CT molecular complexity index is 654. The molecule has 0 unspecified atom stereocenters. The van der Waals surface area contributed by atoms with Crippen molar-refractivity contribution in [3.8, 4) is 0 Å². The number of nitrogens with zero attached hydrogens (tertiary/aromatic N) is 2. The van der Waals surface area contributed by atoms with E-state index in [1.165, 1.54) is 16.2 Å². The lowest BCUT2D eigenvalue weighted by molar-refractivity contribution is -0.124. The fourth-order valence-electron chi connectivity index (χ4n) is 2.34. The number of carbonyl (C=O) groups is 2. The lowest BCUT2D eigenvalue weighted by Crippen LogP contribution is -2.36. The summed E-state index contributed by atoms with van der Waals surface area (Å²) >= 11 is 1.40. The highest BCUT2D eigenvalue weighted by Crippen LogP contribution is 2.34. The molecule has 0 saturated carbocycles. The van der Waals surface area contributed by atoms with Gasteiger partial charge in [-0.25, -0.2) is 4.98 Å². The van der Waals surface area contributed by atoms with Crippen LogP contribution in [0, 0.1) is 0 Å². The maximum absolute atomic E-state index is 12.6. The third-order valence-corrected chi connectivity index (χ3v) is 4.18. The summed E-state index contributed by atoms with van der Waals surface area (Å²) in [6.07, 6.45) is 1.83. The van der Waals surface area contributed by atoms with Crippen LogP contribution >= 0.6 is 11.3 Å². The Morgan fingerprint density at radius 2 is 2.25 bits per heavy atom. The fraction of sp³-hybridized carbons (Fsp3) is 0.214. The molecule has 0 radical (unpaired) electrons. The minimum absolute atomic E-state index is 0.109. The molecule has 0 aliphatic carbocycles. The molecule has 0 saturated heterocycles. The van der Waals surface area contributed by atoms with Crippen molar-refractivity contribution in [2.45, 2.75) is 12.3 Å². The molecule has 3 rings (SSSR count). The monoisotopic (exact) mass is 287 g/mol. The van der Waals surface area contributed by atoms with Crippen molar-refractivity contribution in [2.75, 3.05) is 17.3 Å². The van der Waals surface area contributed by atoms with Gasteiger partial charge in [0.2, 0.25) is 11.8 Å². The lowest BCUT2D eigenvalue weighted by Gasteiger charge is -2.27. The van der Waals surface area contributed by atoms with Crippen molar-refractivity contribution in [1.82, 2.24) is 4.98 Å². The zero-order chi connectivity index (χ0) is 14.1. The second-order valence-electron chi connectivity index (χ2n) is 4.60. The van der Waals surface area contributed by atoms with E-state index >= 15 is 0 Å². The van der Waals surface area contributed by atoms with Gasteiger partial charge in [-0.1, -0.05) is 18.2 Å². The number of likely N-dealkylation sites (N-methyl/N-ethyl adjacent to an activating group) is 1. The molecule has 5 nitrogen and oxygen atoms in total. The van der Waals surface area contributed by atoms with Crippen LogP contribution in [0.3, 0.4) is 0 Å². The number of rotatable bonds is 2. The predicted octanol–water partition coefficient (Wildman–Crippen LogP) is 2.23. The number of anilines is 2. The van der Waals surface area contributed by atoms with Crippen LogP contribution in [0.25, 0.3) is 0 Å². The third kappa shape index (κ3) is 2.18. The molecule has 1 aliphatic rings. The van der Waals surface area contributed by atoms with Gasteiger partial charge in [-0.2, -0.15) is 0 Å². The highest BCUT2D eigenvalue weighted by molar-refractivity contribution is 7.13. The van der Waals surface area contributed by atoms with Crippen LogP contribution in [0.2, 0.25) is 0 Å². The molecule has 0 bridgehead atoms. The number of para-hydroxylation sites is 1. The molecular weight excluding hydrogens is 274 g/mol. The summed E-state index contributed by atoms with van der Waals surface area (Å²) in [6, 6.07) is 7.42. The maximum Gasteiger partial charge on any atom is 0.236 e. The zero-order valence-corrected chi connectivity index (χ0v) is 11.7. The van der Waals surface area contributed by atoms with Crippen molar-refractivity contribution in [2.24, 2.45) is 0 Å². The number of fused-ring (bicyclic) bond motifs is 1. The largest absolute Gasteiger partial charge is 0.326 e. The van der Waals surface area contributed by atoms with E-state index in [1.807, 2.05) is 29.6 Å². The molecule has 1 aromatic carbocycles. The quantitative estimate of drug-likeness (QED) is 0.921. The molecular formula is C14H13N3O2S. The summed E-state index contributed by atoms with van der Waals surface area (Å²) in [5, 5.41) is 5.25. The highest BCUT2D eigenvalue weighted by atomic mass is 32.1. The summed E-state index contributed by atoms with van der Waals surface area (Å²) in [5.41, 5.74) is 1.58. The van der Waals surface area contributed by atoms with Crippen molar-refractivity contribution >= 4 is 34.0 Å². The molecule has 0 spiro atoms. The smallest absolute Gasteiger partial charge is 0.236 e. The Balaban J connectivity index is 1.94. The molecule has 1 aliphatic heterocycles. The Kier molecular flexibility index (Phi) is 3.23. The summed E-state index contributed by atoms with van der Waals surface area (Å²) in [7, 11) is 1.69. The Morgan fingerprint density at radius 1 is 1.45 bits per heavy atom. The molecule has 1 atom stereocenters. The van der Waals surface area contributed by atoms with E-state index in [2.05, 4.69) is 10.3 Å². The first-order valence-electron chi connectivity index (χ1n) is 6.22. The van der Waals surface area contributed by atoms with Gasteiger partial charge in [-0.05, 0) is 11.6 Å². The highest BCUT2D eigenvalue weighted by Gasteiger charge is 2.33. The molecule has 1 N–H and O–H groups in total. The van der Waals surface area contributed by atoms with Crippen molar-refractivity contribution in [1.29, 1.82) is 0 Å². The van der Waals surface area contributed by atoms with E-state index in [4.69, 9.17) is 0 Å². The second kappa shape index (κ2) is 5.05. The number of carbonyl (C=O) groups excluding carboxylic acids is 2. The predicted molar refractivity (Wildman–Crippen MR) is 78.0 cm³/mol. The van der Waals surface area contributed by atoms with E-state index in [0.717, 1.165) is 11.3 Å². The van der Waals surface area contributed by atoms with Gasteiger partial charge in [0.05, 0.1) is 5.92 Å². The van der Waals surface area contributed by atoms with E-state index in [-0.39, 0.29) is 18.2 Å². The Labute approximate surface area is 120 Å². The third-order valence-electron chi connectivity index (χ3n) is 3.33. The summed E-state index contributed by atoms with van der Waals surface area (Å²) in [5.74, 6) is -0.689. The summed E-state index contributed by atoms with van der Waals surface area (Å²) in [4.78, 5) is 30.0. The molecule has 1 aromatic heterocycles. The summed E-state index contributed by atoms with van der Waals surface area (Å²) in [6.45, 7) is 0. The number of hydrogen-bond acceptors (Lipinski definition) is 4. The molecule has 2 heterocycles. The zero-order valence-electron chi connectivity index (χ0n) is 10.9. The molecule has 6 heteroatoms. The minimum atomic E-state index is -0.450. The number of hydrogen-bond donors (Lipinski definition) is 1. The molecule has 2 amide bonds. The van der Waals surface area contributed by atoms with Gasteiger partial charge >= 0.3 is 0 Å². The maximum atomic E-state index is 12.6. The minimum Gasteiger partial charge on any atom is -0.326 e. The van der Waals surface area contributed by atoms with Crippen LogP contribution in [0.15, 0.2) is 35.8 Å². The number of amides is 2. The van der Waals surface area contributed by atoms with Crippen LogP contribution in [-0.4, -0.2) is 23.8 Å². The van der Waals surface area contributed by atoms with Crippen molar-refractivity contribution in [3.05, 3.63) is 41.4 Å². The Hall–Kier alpha value is -2.21. The van der Waals surface area contributed by atoms with Crippen LogP contribution in [0.5, 0.6) is 0 Å².